The molecule has 2 aliphatic rings. The third kappa shape index (κ3) is 5.60. The highest BCUT2D eigenvalue weighted by Gasteiger charge is 2.34. The molecule has 0 bridgehead atoms. The van der Waals surface area contributed by atoms with Gasteiger partial charge in [-0.15, -0.1) is 0 Å². The van der Waals surface area contributed by atoms with E-state index < -0.39 is 0 Å². The molecule has 0 unspecified atom stereocenters. The summed E-state index contributed by atoms with van der Waals surface area (Å²) in [4.78, 5) is 29.5. The summed E-state index contributed by atoms with van der Waals surface area (Å²) in [6.45, 7) is 1.73. The Hall–Kier alpha value is -2.86. The maximum Gasteiger partial charge on any atom is 0.247 e. The van der Waals surface area contributed by atoms with E-state index in [0.717, 1.165) is 43.6 Å². The summed E-state index contributed by atoms with van der Waals surface area (Å²) in [6.07, 6.45) is 8.89. The van der Waals surface area contributed by atoms with Gasteiger partial charge in [0, 0.05) is 25.3 Å². The van der Waals surface area contributed by atoms with Gasteiger partial charge in [0.05, 0.1) is 18.9 Å². The van der Waals surface area contributed by atoms with E-state index in [4.69, 9.17) is 9.15 Å². The first-order valence-corrected chi connectivity index (χ1v) is 10.6. The fourth-order valence-electron chi connectivity index (χ4n) is 3.73. The second kappa shape index (κ2) is 9.76. The van der Waals surface area contributed by atoms with Gasteiger partial charge in [0.15, 0.2) is 0 Å². The zero-order valence-electron chi connectivity index (χ0n) is 17.1. The van der Waals surface area contributed by atoms with Crippen molar-refractivity contribution in [3.05, 3.63) is 66.1 Å². The largest absolute Gasteiger partial charge is 0.467 e. The van der Waals surface area contributed by atoms with Crippen LogP contribution in [0.25, 0.3) is 6.08 Å². The molecule has 1 saturated heterocycles. The lowest BCUT2D eigenvalue weighted by molar-refractivity contribution is -0.140. The van der Waals surface area contributed by atoms with Crippen molar-refractivity contribution in [1.82, 2.24) is 9.80 Å². The topological polar surface area (TPSA) is 63.0 Å². The maximum atomic E-state index is 13.2. The molecular weight excluding hydrogens is 380 g/mol. The molecule has 0 spiro atoms. The van der Waals surface area contributed by atoms with Crippen molar-refractivity contribution in [1.29, 1.82) is 0 Å². The number of nitrogens with zero attached hydrogens (tertiary/aromatic N) is 2. The molecule has 2 fully saturated rings. The average molecular weight is 408 g/mol. The lowest BCUT2D eigenvalue weighted by Gasteiger charge is -2.28. The minimum atomic E-state index is -0.121. The predicted octanol–water partition coefficient (Wildman–Crippen LogP) is 3.49. The quantitative estimate of drug-likeness (QED) is 0.596. The van der Waals surface area contributed by atoms with Gasteiger partial charge in [-0.3, -0.25) is 9.59 Å². The molecule has 0 N–H and O–H groups in total. The maximum absolute atomic E-state index is 13.2. The van der Waals surface area contributed by atoms with Gasteiger partial charge in [0.25, 0.3) is 0 Å². The van der Waals surface area contributed by atoms with Gasteiger partial charge in [-0.2, -0.15) is 0 Å². The Morgan fingerprint density at radius 1 is 1.07 bits per heavy atom. The van der Waals surface area contributed by atoms with Crippen LogP contribution in [-0.2, 0) is 20.9 Å². The summed E-state index contributed by atoms with van der Waals surface area (Å²) in [5, 5.41) is 0. The van der Waals surface area contributed by atoms with Crippen LogP contribution in [-0.4, -0.2) is 53.5 Å². The Morgan fingerprint density at radius 3 is 2.57 bits per heavy atom. The van der Waals surface area contributed by atoms with E-state index in [1.807, 2.05) is 42.5 Å². The Labute approximate surface area is 177 Å². The van der Waals surface area contributed by atoms with E-state index in [9.17, 15) is 9.59 Å². The number of benzene rings is 1. The van der Waals surface area contributed by atoms with Crippen LogP contribution in [0.2, 0.25) is 0 Å². The monoisotopic (exact) mass is 408 g/mol. The van der Waals surface area contributed by atoms with E-state index in [2.05, 4.69) is 0 Å². The van der Waals surface area contributed by atoms with Crippen LogP contribution in [0.1, 0.15) is 37.0 Å². The zero-order valence-corrected chi connectivity index (χ0v) is 17.1. The van der Waals surface area contributed by atoms with Gasteiger partial charge < -0.3 is 19.0 Å². The normalized spacial score (nSPS) is 18.6. The third-order valence-corrected chi connectivity index (χ3v) is 5.52. The number of furan rings is 1. The molecule has 4 rings (SSSR count). The molecule has 2 aromatic rings. The highest BCUT2D eigenvalue weighted by atomic mass is 16.5. The van der Waals surface area contributed by atoms with Crippen molar-refractivity contribution in [3.8, 4) is 0 Å². The molecule has 1 aliphatic carbocycles. The fourth-order valence-corrected chi connectivity index (χ4v) is 3.73. The molecule has 1 aliphatic heterocycles. The standard InChI is InChI=1S/C24H28N2O4/c27-23(13-10-19-6-2-1-3-7-19)26(20-11-12-20)18-24(28)25(16-21-8-4-14-29-21)17-22-9-5-15-30-22/h1-4,6-8,10,13-14,20,22H,5,9,11-12,15-18H2/b13-10+/t22-/m1/s1. The van der Waals surface area contributed by atoms with Crippen LogP contribution < -0.4 is 0 Å². The fraction of sp³-hybridized carbons (Fsp3) is 0.417. The highest BCUT2D eigenvalue weighted by Crippen LogP contribution is 2.27. The van der Waals surface area contributed by atoms with E-state index in [1.54, 1.807) is 28.2 Å². The minimum Gasteiger partial charge on any atom is -0.467 e. The molecule has 1 aromatic heterocycles. The number of carbonyl (C=O) groups is 2. The number of ether oxygens (including phenoxy) is 1. The number of amides is 2. The van der Waals surface area contributed by atoms with Crippen molar-refractivity contribution in [2.24, 2.45) is 0 Å². The van der Waals surface area contributed by atoms with E-state index in [-0.39, 0.29) is 30.5 Å². The average Bonchev–Trinajstić information content (AvgIpc) is 3.22. The lowest BCUT2D eigenvalue weighted by atomic mass is 10.2. The van der Waals surface area contributed by atoms with Crippen molar-refractivity contribution >= 4 is 17.9 Å². The molecule has 6 heteroatoms. The first-order chi connectivity index (χ1) is 14.7. The Bertz CT molecular complexity index is 853. The molecular formula is C24H28N2O4. The molecule has 2 heterocycles. The van der Waals surface area contributed by atoms with Crippen molar-refractivity contribution in [2.75, 3.05) is 19.7 Å². The number of carbonyl (C=O) groups excluding carboxylic acids is 2. The van der Waals surface area contributed by atoms with E-state index >= 15 is 0 Å². The van der Waals surface area contributed by atoms with Crippen LogP contribution in [0, 0.1) is 0 Å². The number of rotatable bonds is 9. The Balaban J connectivity index is 1.42. The van der Waals surface area contributed by atoms with Crippen molar-refractivity contribution in [3.63, 3.8) is 0 Å². The summed E-state index contributed by atoms with van der Waals surface area (Å²) in [6, 6.07) is 13.5. The van der Waals surface area contributed by atoms with Crippen LogP contribution in [0.3, 0.4) is 0 Å². The summed E-state index contributed by atoms with van der Waals surface area (Å²) < 4.78 is 11.2. The van der Waals surface area contributed by atoms with Gasteiger partial charge >= 0.3 is 0 Å². The van der Waals surface area contributed by atoms with Crippen LogP contribution in [0.5, 0.6) is 0 Å². The first kappa shape index (κ1) is 20.4. The SMILES string of the molecule is O=C(CN(C(=O)/C=C/c1ccccc1)C1CC1)N(Cc1ccco1)C[C@H]1CCCO1. The third-order valence-electron chi connectivity index (χ3n) is 5.52. The second-order valence-corrected chi connectivity index (χ2v) is 7.93. The smallest absolute Gasteiger partial charge is 0.247 e. The first-order valence-electron chi connectivity index (χ1n) is 10.6. The zero-order chi connectivity index (χ0) is 20.8. The highest BCUT2D eigenvalue weighted by molar-refractivity contribution is 5.94. The summed E-state index contributed by atoms with van der Waals surface area (Å²) in [5.74, 6) is 0.537. The molecule has 1 saturated carbocycles. The van der Waals surface area contributed by atoms with Gasteiger partial charge in [-0.05, 0) is 49.5 Å². The van der Waals surface area contributed by atoms with Gasteiger partial charge in [-0.25, -0.2) is 0 Å². The minimum absolute atomic E-state index is 0.0481. The molecule has 1 atom stereocenters. The summed E-state index contributed by atoms with van der Waals surface area (Å²) in [7, 11) is 0. The molecule has 1 aromatic carbocycles. The number of hydrogen-bond acceptors (Lipinski definition) is 4. The Kier molecular flexibility index (Phi) is 6.64. The van der Waals surface area contributed by atoms with Gasteiger partial charge in [-0.1, -0.05) is 30.3 Å². The molecule has 2 amide bonds. The van der Waals surface area contributed by atoms with Gasteiger partial charge in [0.1, 0.15) is 12.3 Å². The number of hydrogen-bond donors (Lipinski definition) is 0. The summed E-state index contributed by atoms with van der Waals surface area (Å²) in [5.41, 5.74) is 0.964. The molecule has 0 radical (unpaired) electrons. The second-order valence-electron chi connectivity index (χ2n) is 7.93. The summed E-state index contributed by atoms with van der Waals surface area (Å²) >= 11 is 0. The van der Waals surface area contributed by atoms with Crippen molar-refractivity contribution < 1.29 is 18.7 Å². The van der Waals surface area contributed by atoms with E-state index in [1.165, 1.54) is 0 Å². The molecule has 30 heavy (non-hydrogen) atoms. The van der Waals surface area contributed by atoms with Crippen LogP contribution in [0.15, 0.2) is 59.2 Å². The van der Waals surface area contributed by atoms with Gasteiger partial charge in [0.2, 0.25) is 11.8 Å². The van der Waals surface area contributed by atoms with E-state index in [0.29, 0.717) is 13.1 Å². The molecule has 158 valence electrons. The van der Waals surface area contributed by atoms with Crippen molar-refractivity contribution in [2.45, 2.75) is 44.4 Å². The lowest BCUT2D eigenvalue weighted by Crippen LogP contribution is -2.45. The Morgan fingerprint density at radius 2 is 1.90 bits per heavy atom. The van der Waals surface area contributed by atoms with Crippen LogP contribution in [0.4, 0.5) is 0 Å². The predicted molar refractivity (Wildman–Crippen MR) is 113 cm³/mol. The molecule has 6 nitrogen and oxygen atoms in total. The van der Waals surface area contributed by atoms with Crippen LogP contribution >= 0.6 is 0 Å².